The first-order chi connectivity index (χ1) is 11.1. The summed E-state index contributed by atoms with van der Waals surface area (Å²) in [5, 5.41) is 14.3. The van der Waals surface area contributed by atoms with E-state index in [1.165, 1.54) is 11.3 Å². The number of carbonyl (C=O) groups is 2. The van der Waals surface area contributed by atoms with E-state index in [2.05, 4.69) is 10.3 Å². The van der Waals surface area contributed by atoms with Gasteiger partial charge in [0.15, 0.2) is 0 Å². The molecule has 0 radical (unpaired) electrons. The van der Waals surface area contributed by atoms with Gasteiger partial charge in [-0.3, -0.25) is 9.59 Å². The SMILES string of the molecule is CCCC(CNC(=O)c1csc(Cc2ccccc2)n1)C(=O)O. The van der Waals surface area contributed by atoms with Gasteiger partial charge in [-0.25, -0.2) is 4.98 Å². The number of nitrogens with one attached hydrogen (secondary N) is 1. The van der Waals surface area contributed by atoms with Crippen molar-refractivity contribution in [3.8, 4) is 0 Å². The molecule has 5 nitrogen and oxygen atoms in total. The van der Waals surface area contributed by atoms with E-state index in [1.807, 2.05) is 37.3 Å². The monoisotopic (exact) mass is 332 g/mol. The van der Waals surface area contributed by atoms with Crippen LogP contribution < -0.4 is 5.32 Å². The van der Waals surface area contributed by atoms with Crippen LogP contribution in [0.5, 0.6) is 0 Å². The summed E-state index contributed by atoms with van der Waals surface area (Å²) in [7, 11) is 0. The van der Waals surface area contributed by atoms with Crippen LogP contribution in [0.15, 0.2) is 35.7 Å². The van der Waals surface area contributed by atoms with Crippen LogP contribution in [0.1, 0.15) is 40.8 Å². The highest BCUT2D eigenvalue weighted by Crippen LogP contribution is 2.15. The molecule has 0 fully saturated rings. The maximum Gasteiger partial charge on any atom is 0.308 e. The lowest BCUT2D eigenvalue weighted by molar-refractivity contribution is -0.141. The van der Waals surface area contributed by atoms with Crippen molar-refractivity contribution in [2.75, 3.05) is 6.54 Å². The van der Waals surface area contributed by atoms with Crippen molar-refractivity contribution in [3.05, 3.63) is 52.0 Å². The number of hydrogen-bond donors (Lipinski definition) is 2. The summed E-state index contributed by atoms with van der Waals surface area (Å²) in [6.45, 7) is 2.06. The minimum atomic E-state index is -0.879. The number of nitrogens with zero attached hydrogens (tertiary/aromatic N) is 1. The highest BCUT2D eigenvalue weighted by atomic mass is 32.1. The van der Waals surface area contributed by atoms with Gasteiger partial charge >= 0.3 is 5.97 Å². The summed E-state index contributed by atoms with van der Waals surface area (Å²) >= 11 is 1.44. The maximum atomic E-state index is 12.1. The summed E-state index contributed by atoms with van der Waals surface area (Å²) in [4.78, 5) is 27.5. The molecule has 2 N–H and O–H groups in total. The number of aromatic nitrogens is 1. The molecule has 0 spiro atoms. The molecule has 0 aliphatic carbocycles. The van der Waals surface area contributed by atoms with E-state index in [0.29, 0.717) is 18.5 Å². The lowest BCUT2D eigenvalue weighted by Gasteiger charge is -2.11. The first kappa shape index (κ1) is 17.1. The van der Waals surface area contributed by atoms with Crippen molar-refractivity contribution in [1.29, 1.82) is 0 Å². The van der Waals surface area contributed by atoms with Crippen LogP contribution in [-0.4, -0.2) is 28.5 Å². The normalized spacial score (nSPS) is 11.9. The van der Waals surface area contributed by atoms with Crippen LogP contribution >= 0.6 is 11.3 Å². The number of carboxylic acids is 1. The Morgan fingerprint density at radius 1 is 1.30 bits per heavy atom. The predicted molar refractivity (Wildman–Crippen MR) is 89.7 cm³/mol. The Balaban J connectivity index is 1.92. The molecule has 1 heterocycles. The Hall–Kier alpha value is -2.21. The number of benzene rings is 1. The summed E-state index contributed by atoms with van der Waals surface area (Å²) in [6, 6.07) is 9.93. The molecule has 0 saturated heterocycles. The quantitative estimate of drug-likeness (QED) is 0.779. The molecule has 0 saturated carbocycles. The molecular weight excluding hydrogens is 312 g/mol. The van der Waals surface area contributed by atoms with Crippen molar-refractivity contribution < 1.29 is 14.7 Å². The molecule has 0 aliphatic heterocycles. The first-order valence-corrected chi connectivity index (χ1v) is 8.47. The van der Waals surface area contributed by atoms with Crippen LogP contribution in [0.3, 0.4) is 0 Å². The zero-order valence-corrected chi connectivity index (χ0v) is 13.8. The third-order valence-electron chi connectivity index (χ3n) is 3.48. The Kier molecular flexibility index (Phi) is 6.29. The fraction of sp³-hybridized carbons (Fsp3) is 0.353. The summed E-state index contributed by atoms with van der Waals surface area (Å²) < 4.78 is 0. The standard InChI is InChI=1S/C17H20N2O3S/c1-2-6-13(17(21)22)10-18-16(20)14-11-23-15(19-14)9-12-7-4-3-5-8-12/h3-5,7-8,11,13H,2,6,9-10H2,1H3,(H,18,20)(H,21,22). The Labute approximate surface area is 139 Å². The van der Waals surface area contributed by atoms with Gasteiger partial charge in [-0.05, 0) is 12.0 Å². The average Bonchev–Trinajstić information content (AvgIpc) is 3.00. The summed E-state index contributed by atoms with van der Waals surface area (Å²) in [5.41, 5.74) is 1.49. The largest absolute Gasteiger partial charge is 0.481 e. The number of hydrogen-bond acceptors (Lipinski definition) is 4. The van der Waals surface area contributed by atoms with Crippen LogP contribution in [0.4, 0.5) is 0 Å². The van der Waals surface area contributed by atoms with Crippen molar-refractivity contribution in [3.63, 3.8) is 0 Å². The van der Waals surface area contributed by atoms with Crippen molar-refractivity contribution in [2.45, 2.75) is 26.2 Å². The molecule has 0 bridgehead atoms. The molecule has 1 aromatic carbocycles. The number of carboxylic acid groups (broad SMARTS) is 1. The van der Waals surface area contributed by atoms with Gasteiger partial charge in [-0.2, -0.15) is 0 Å². The zero-order chi connectivity index (χ0) is 16.7. The van der Waals surface area contributed by atoms with Crippen molar-refractivity contribution in [2.24, 2.45) is 5.92 Å². The predicted octanol–water partition coefficient (Wildman–Crippen LogP) is 2.96. The molecule has 2 rings (SSSR count). The second-order valence-electron chi connectivity index (χ2n) is 5.32. The zero-order valence-electron chi connectivity index (χ0n) is 13.0. The maximum absolute atomic E-state index is 12.1. The number of carbonyl (C=O) groups excluding carboxylic acids is 1. The minimum Gasteiger partial charge on any atom is -0.481 e. The Morgan fingerprint density at radius 3 is 2.70 bits per heavy atom. The van der Waals surface area contributed by atoms with E-state index in [0.717, 1.165) is 17.0 Å². The molecule has 122 valence electrons. The lowest BCUT2D eigenvalue weighted by Crippen LogP contribution is -2.33. The molecule has 1 unspecified atom stereocenters. The van der Waals surface area contributed by atoms with Crippen molar-refractivity contribution in [1.82, 2.24) is 10.3 Å². The summed E-state index contributed by atoms with van der Waals surface area (Å²) in [6.07, 6.45) is 2.00. The molecule has 1 aromatic heterocycles. The number of thiazole rings is 1. The van der Waals surface area contributed by atoms with E-state index >= 15 is 0 Å². The second-order valence-corrected chi connectivity index (χ2v) is 6.27. The van der Waals surface area contributed by atoms with Gasteiger partial charge in [-0.1, -0.05) is 43.7 Å². The van der Waals surface area contributed by atoms with Gasteiger partial charge in [0, 0.05) is 18.3 Å². The number of rotatable bonds is 8. The number of aliphatic carboxylic acids is 1. The second kappa shape index (κ2) is 8.43. The van der Waals surface area contributed by atoms with E-state index in [-0.39, 0.29) is 12.5 Å². The third-order valence-corrected chi connectivity index (χ3v) is 4.33. The van der Waals surface area contributed by atoms with Crippen molar-refractivity contribution >= 4 is 23.2 Å². The molecule has 0 aliphatic rings. The van der Waals surface area contributed by atoms with E-state index < -0.39 is 11.9 Å². The van der Waals surface area contributed by atoms with E-state index in [4.69, 9.17) is 5.11 Å². The minimum absolute atomic E-state index is 0.132. The average molecular weight is 332 g/mol. The fourth-order valence-corrected chi connectivity index (χ4v) is 3.04. The smallest absolute Gasteiger partial charge is 0.308 e. The van der Waals surface area contributed by atoms with Gasteiger partial charge in [-0.15, -0.1) is 11.3 Å². The first-order valence-electron chi connectivity index (χ1n) is 7.59. The van der Waals surface area contributed by atoms with Gasteiger partial charge in [0.2, 0.25) is 0 Å². The summed E-state index contributed by atoms with van der Waals surface area (Å²) in [5.74, 6) is -1.75. The van der Waals surface area contributed by atoms with E-state index in [1.54, 1.807) is 5.38 Å². The van der Waals surface area contributed by atoms with Gasteiger partial charge in [0.1, 0.15) is 5.69 Å². The van der Waals surface area contributed by atoms with Gasteiger partial charge < -0.3 is 10.4 Å². The molecular formula is C17H20N2O3S. The third kappa shape index (κ3) is 5.17. The van der Waals surface area contributed by atoms with Crippen LogP contribution in [0, 0.1) is 5.92 Å². The van der Waals surface area contributed by atoms with Crippen LogP contribution in [0.2, 0.25) is 0 Å². The Morgan fingerprint density at radius 2 is 2.04 bits per heavy atom. The molecule has 1 amide bonds. The molecule has 23 heavy (non-hydrogen) atoms. The van der Waals surface area contributed by atoms with Gasteiger partial charge in [0.25, 0.3) is 5.91 Å². The topological polar surface area (TPSA) is 79.3 Å². The molecule has 2 aromatic rings. The van der Waals surface area contributed by atoms with Crippen LogP contribution in [-0.2, 0) is 11.2 Å². The highest BCUT2D eigenvalue weighted by molar-refractivity contribution is 7.09. The Bertz CT molecular complexity index is 655. The lowest BCUT2D eigenvalue weighted by atomic mass is 10.0. The fourth-order valence-electron chi connectivity index (χ4n) is 2.23. The molecule has 1 atom stereocenters. The van der Waals surface area contributed by atoms with Crippen LogP contribution in [0.25, 0.3) is 0 Å². The van der Waals surface area contributed by atoms with Gasteiger partial charge in [0.05, 0.1) is 10.9 Å². The van der Waals surface area contributed by atoms with E-state index in [9.17, 15) is 9.59 Å². The molecule has 6 heteroatoms. The highest BCUT2D eigenvalue weighted by Gasteiger charge is 2.18. The number of amides is 1.